The maximum Gasteiger partial charge on any atom is 0.513 e. The van der Waals surface area contributed by atoms with Crippen molar-refractivity contribution in [1.82, 2.24) is 0 Å². The summed E-state index contributed by atoms with van der Waals surface area (Å²) < 4.78 is 23.9. The SMILES string of the molecule is CCCCCCCCOC(=O)Oc1c2ccccc2c(-c2c3ccccc3c(OC(=O)OCCCCCCCC)c3ccc(CCCCC)cc23)c2cc(CCCCC)ccc12. The van der Waals surface area contributed by atoms with Crippen molar-refractivity contribution in [3.05, 3.63) is 96.1 Å². The van der Waals surface area contributed by atoms with E-state index >= 15 is 0 Å². The first-order valence-electron chi connectivity index (χ1n) is 24.1. The Bertz CT molecular complexity index is 2210. The van der Waals surface area contributed by atoms with E-state index in [1.54, 1.807) is 0 Å². The normalized spacial score (nSPS) is 11.5. The van der Waals surface area contributed by atoms with Gasteiger partial charge in [0.15, 0.2) is 0 Å². The number of fused-ring (bicyclic) bond motifs is 4. The van der Waals surface area contributed by atoms with Gasteiger partial charge in [0.05, 0.1) is 13.2 Å². The average Bonchev–Trinajstić information content (AvgIpc) is 3.29. The smallest absolute Gasteiger partial charge is 0.434 e. The zero-order valence-corrected chi connectivity index (χ0v) is 38.1. The van der Waals surface area contributed by atoms with E-state index in [0.29, 0.717) is 24.7 Å². The molecule has 6 nitrogen and oxygen atoms in total. The molecule has 0 aliphatic rings. The third-order valence-corrected chi connectivity index (χ3v) is 12.3. The lowest BCUT2D eigenvalue weighted by Gasteiger charge is -2.22. The highest BCUT2D eigenvalue weighted by Crippen LogP contribution is 2.50. The highest BCUT2D eigenvalue weighted by Gasteiger charge is 2.25. The minimum Gasteiger partial charge on any atom is -0.434 e. The van der Waals surface area contributed by atoms with Crippen LogP contribution < -0.4 is 9.47 Å². The van der Waals surface area contributed by atoms with Crippen molar-refractivity contribution in [2.45, 2.75) is 156 Å². The summed E-state index contributed by atoms with van der Waals surface area (Å²) in [5.74, 6) is 1.02. The summed E-state index contributed by atoms with van der Waals surface area (Å²) in [6.45, 7) is 9.56. The van der Waals surface area contributed by atoms with Crippen LogP contribution in [0.25, 0.3) is 54.2 Å². The molecule has 0 saturated carbocycles. The Morgan fingerprint density at radius 2 is 0.710 bits per heavy atom. The molecule has 62 heavy (non-hydrogen) atoms. The predicted molar refractivity (Wildman–Crippen MR) is 259 cm³/mol. The summed E-state index contributed by atoms with van der Waals surface area (Å²) in [6, 6.07) is 29.7. The molecule has 6 heteroatoms. The van der Waals surface area contributed by atoms with E-state index in [2.05, 4.69) is 88.4 Å². The highest BCUT2D eigenvalue weighted by molar-refractivity contribution is 6.27. The maximum absolute atomic E-state index is 13.5. The molecular weight excluding hydrogens is 769 g/mol. The summed E-state index contributed by atoms with van der Waals surface area (Å²) in [5.41, 5.74) is 4.59. The zero-order chi connectivity index (χ0) is 43.5. The summed E-state index contributed by atoms with van der Waals surface area (Å²) in [6.07, 6.45) is 20.6. The minimum atomic E-state index is -0.678. The van der Waals surface area contributed by atoms with Crippen molar-refractivity contribution in [2.24, 2.45) is 0 Å². The lowest BCUT2D eigenvalue weighted by molar-refractivity contribution is 0.0972. The lowest BCUT2D eigenvalue weighted by atomic mass is 9.84. The fourth-order valence-electron chi connectivity index (χ4n) is 8.90. The third kappa shape index (κ3) is 12.1. The standard InChI is InChI=1S/C56H70O6/c1-5-9-13-15-17-25-37-59-55(57)61-53-45-31-23-21-29-43(45)51(49-39-41(27-19-11-7-3)33-35-47(49)53)52-44-30-22-24-32-46(44)54(62-56(58)60-38-26-18-16-14-10-6-2)48-36-34-42(40-50(48)52)28-20-12-8-4/h21-24,29-36,39-40H,5-20,25-28,37-38H2,1-4H3. The Morgan fingerprint density at radius 1 is 0.371 bits per heavy atom. The van der Waals surface area contributed by atoms with Gasteiger partial charge in [-0.3, -0.25) is 0 Å². The number of aryl methyl sites for hydroxylation is 2. The van der Waals surface area contributed by atoms with E-state index in [9.17, 15) is 9.59 Å². The van der Waals surface area contributed by atoms with Crippen molar-refractivity contribution in [1.29, 1.82) is 0 Å². The van der Waals surface area contributed by atoms with E-state index in [1.165, 1.54) is 49.7 Å². The molecule has 6 rings (SSSR count). The molecule has 0 bridgehead atoms. The van der Waals surface area contributed by atoms with Crippen LogP contribution in [-0.2, 0) is 22.3 Å². The Morgan fingerprint density at radius 3 is 1.11 bits per heavy atom. The van der Waals surface area contributed by atoms with Gasteiger partial charge in [0, 0.05) is 21.5 Å². The maximum atomic E-state index is 13.5. The van der Waals surface area contributed by atoms with Crippen LogP contribution in [0, 0.1) is 0 Å². The Labute approximate surface area is 370 Å². The van der Waals surface area contributed by atoms with Gasteiger partial charge in [-0.25, -0.2) is 9.59 Å². The van der Waals surface area contributed by atoms with Crippen molar-refractivity contribution in [3.63, 3.8) is 0 Å². The Balaban J connectivity index is 1.51. The fraction of sp³-hybridized carbons (Fsp3) is 0.464. The van der Waals surface area contributed by atoms with E-state index in [0.717, 1.165) is 144 Å². The van der Waals surface area contributed by atoms with Gasteiger partial charge < -0.3 is 18.9 Å². The van der Waals surface area contributed by atoms with Crippen LogP contribution in [0.2, 0.25) is 0 Å². The second-order valence-corrected chi connectivity index (χ2v) is 17.1. The molecule has 0 N–H and O–H groups in total. The number of unbranched alkanes of at least 4 members (excludes halogenated alkanes) is 14. The number of benzene rings is 6. The number of hydrogen-bond donors (Lipinski definition) is 0. The first kappa shape index (κ1) is 46.4. The number of hydrogen-bond acceptors (Lipinski definition) is 6. The summed E-state index contributed by atoms with van der Waals surface area (Å²) >= 11 is 0. The largest absolute Gasteiger partial charge is 0.513 e. The molecule has 0 heterocycles. The summed E-state index contributed by atoms with van der Waals surface area (Å²) in [5, 5.41) is 7.32. The molecule has 0 aliphatic heterocycles. The minimum absolute atomic E-state index is 0.333. The molecule has 0 unspecified atom stereocenters. The number of carbonyl (C=O) groups is 2. The number of carbonyl (C=O) groups excluding carboxylic acids is 2. The van der Waals surface area contributed by atoms with Crippen LogP contribution in [0.4, 0.5) is 9.59 Å². The van der Waals surface area contributed by atoms with E-state index < -0.39 is 12.3 Å². The summed E-state index contributed by atoms with van der Waals surface area (Å²) in [7, 11) is 0. The van der Waals surface area contributed by atoms with Gasteiger partial charge in [0.2, 0.25) is 0 Å². The Hall–Kier alpha value is -5.10. The van der Waals surface area contributed by atoms with Gasteiger partial charge >= 0.3 is 12.3 Å². The van der Waals surface area contributed by atoms with Crippen LogP contribution in [-0.4, -0.2) is 25.5 Å². The summed E-state index contributed by atoms with van der Waals surface area (Å²) in [4.78, 5) is 27.0. The molecule has 0 spiro atoms. The monoisotopic (exact) mass is 839 g/mol. The molecule has 6 aromatic rings. The highest BCUT2D eigenvalue weighted by atomic mass is 16.7. The average molecular weight is 839 g/mol. The first-order valence-corrected chi connectivity index (χ1v) is 24.1. The molecule has 0 fully saturated rings. The van der Waals surface area contributed by atoms with Crippen LogP contribution in [0.15, 0.2) is 84.9 Å². The van der Waals surface area contributed by atoms with Gasteiger partial charge in [0.1, 0.15) is 11.5 Å². The zero-order valence-electron chi connectivity index (χ0n) is 38.1. The predicted octanol–water partition coefficient (Wildman–Crippen LogP) is 17.2. The van der Waals surface area contributed by atoms with Crippen LogP contribution in [0.1, 0.15) is 154 Å². The number of rotatable bonds is 25. The van der Waals surface area contributed by atoms with Gasteiger partial charge in [-0.1, -0.05) is 203 Å². The molecule has 0 amide bonds. The molecular formula is C56H70O6. The second-order valence-electron chi connectivity index (χ2n) is 17.1. The Kier molecular flexibility index (Phi) is 18.3. The van der Waals surface area contributed by atoms with Gasteiger partial charge in [-0.05, 0) is 82.3 Å². The topological polar surface area (TPSA) is 71.1 Å². The second kappa shape index (κ2) is 24.5. The van der Waals surface area contributed by atoms with Crippen molar-refractivity contribution < 1.29 is 28.5 Å². The lowest BCUT2D eigenvalue weighted by Crippen LogP contribution is -2.12. The molecule has 330 valence electrons. The fourth-order valence-corrected chi connectivity index (χ4v) is 8.90. The van der Waals surface area contributed by atoms with Gasteiger partial charge in [-0.2, -0.15) is 0 Å². The van der Waals surface area contributed by atoms with E-state index in [-0.39, 0.29) is 0 Å². The number of ether oxygens (including phenoxy) is 4. The molecule has 6 aromatic carbocycles. The molecule has 0 radical (unpaired) electrons. The van der Waals surface area contributed by atoms with Crippen molar-refractivity contribution in [3.8, 4) is 22.6 Å². The van der Waals surface area contributed by atoms with E-state index in [1.807, 2.05) is 24.3 Å². The molecule has 0 saturated heterocycles. The van der Waals surface area contributed by atoms with Crippen LogP contribution in [0.3, 0.4) is 0 Å². The molecule has 0 aliphatic carbocycles. The van der Waals surface area contributed by atoms with E-state index in [4.69, 9.17) is 18.9 Å². The van der Waals surface area contributed by atoms with Crippen molar-refractivity contribution >= 4 is 55.4 Å². The van der Waals surface area contributed by atoms with Crippen molar-refractivity contribution in [2.75, 3.05) is 13.2 Å². The van der Waals surface area contributed by atoms with Crippen LogP contribution in [0.5, 0.6) is 11.5 Å². The quantitative estimate of drug-likeness (QED) is 0.0247. The third-order valence-electron chi connectivity index (χ3n) is 12.3. The molecule has 0 atom stereocenters. The van der Waals surface area contributed by atoms with Gasteiger partial charge in [-0.15, -0.1) is 0 Å². The van der Waals surface area contributed by atoms with Crippen LogP contribution >= 0.6 is 0 Å². The molecule has 0 aromatic heterocycles. The first-order chi connectivity index (χ1) is 30.5. The van der Waals surface area contributed by atoms with Gasteiger partial charge in [0.25, 0.3) is 0 Å².